The molecule has 0 amide bonds. The smallest absolute Gasteiger partial charge is 0.190 e. The van der Waals surface area contributed by atoms with Gasteiger partial charge in [0.15, 0.2) is 17.5 Å². The molecule has 11 heteroatoms. The summed E-state index contributed by atoms with van der Waals surface area (Å²) in [7, 11) is 0. The van der Waals surface area contributed by atoms with Crippen LogP contribution in [0.1, 0.15) is 6.42 Å². The van der Waals surface area contributed by atoms with Crippen LogP contribution < -0.4 is 11.1 Å². The molecule has 0 saturated carbocycles. The van der Waals surface area contributed by atoms with Crippen molar-refractivity contribution in [2.75, 3.05) is 18.8 Å². The van der Waals surface area contributed by atoms with Crippen LogP contribution in [0.15, 0.2) is 42.9 Å². The van der Waals surface area contributed by atoms with E-state index in [0.717, 1.165) is 47.9 Å². The number of hydrogen-bond donors (Lipinski definition) is 2. The first kappa shape index (κ1) is 19.2. The van der Waals surface area contributed by atoms with E-state index in [4.69, 9.17) is 5.73 Å². The monoisotopic (exact) mass is 423 g/mol. The fraction of sp³-hybridized carbons (Fsp3) is 0.250. The lowest BCUT2D eigenvalue weighted by atomic mass is 10.1. The van der Waals surface area contributed by atoms with E-state index in [1.165, 1.54) is 12.1 Å². The maximum atomic E-state index is 14.3. The van der Waals surface area contributed by atoms with Gasteiger partial charge < -0.3 is 11.1 Å². The van der Waals surface area contributed by atoms with Gasteiger partial charge in [-0.3, -0.25) is 4.68 Å². The molecule has 0 aliphatic carbocycles. The fourth-order valence-corrected chi connectivity index (χ4v) is 3.73. The highest BCUT2D eigenvalue weighted by Crippen LogP contribution is 2.30. The molecule has 1 aromatic carbocycles. The number of anilines is 1. The highest BCUT2D eigenvalue weighted by Gasteiger charge is 2.20. The van der Waals surface area contributed by atoms with E-state index in [2.05, 4.69) is 30.9 Å². The lowest BCUT2D eigenvalue weighted by Crippen LogP contribution is -2.14. The third kappa shape index (κ3) is 3.63. The van der Waals surface area contributed by atoms with Crippen molar-refractivity contribution < 1.29 is 8.78 Å². The second-order valence-corrected chi connectivity index (χ2v) is 7.45. The van der Waals surface area contributed by atoms with Crippen molar-refractivity contribution in [2.24, 2.45) is 5.92 Å². The molecule has 3 aromatic heterocycles. The maximum Gasteiger partial charge on any atom is 0.190 e. The van der Waals surface area contributed by atoms with Crippen LogP contribution in [0.25, 0.3) is 28.2 Å². The van der Waals surface area contributed by atoms with Crippen LogP contribution >= 0.6 is 0 Å². The lowest BCUT2D eigenvalue weighted by Gasteiger charge is -2.09. The Kier molecular flexibility index (Phi) is 4.86. The minimum absolute atomic E-state index is 0.122. The topological polar surface area (TPSA) is 112 Å². The Bertz CT molecular complexity index is 1230. The average molecular weight is 423 g/mol. The van der Waals surface area contributed by atoms with Gasteiger partial charge in [-0.1, -0.05) is 6.07 Å². The Hall–Kier alpha value is -3.73. The van der Waals surface area contributed by atoms with Gasteiger partial charge in [-0.05, 0) is 54.1 Å². The molecule has 3 N–H and O–H groups in total. The van der Waals surface area contributed by atoms with Crippen molar-refractivity contribution in [3.63, 3.8) is 0 Å². The summed E-state index contributed by atoms with van der Waals surface area (Å²) in [5.74, 6) is -1.18. The number of halogens is 2. The minimum Gasteiger partial charge on any atom is -0.383 e. The third-order valence-electron chi connectivity index (χ3n) is 5.36. The summed E-state index contributed by atoms with van der Waals surface area (Å²) >= 11 is 0. The standard InChI is InChI=1S/C20H19F2N9/c21-16-2-1-3-17(18(16)22)31-20(27-28-29-31)15-6-13(8-25-19(15)23)14-9-26-30(11-14)10-12-4-5-24-7-12/h1-3,6,8-9,11-12,24H,4-5,7,10H2,(H2,23,25). The molecular weight excluding hydrogens is 404 g/mol. The number of benzene rings is 1. The van der Waals surface area contributed by atoms with Crippen LogP contribution in [0.3, 0.4) is 0 Å². The van der Waals surface area contributed by atoms with E-state index in [9.17, 15) is 8.78 Å². The molecule has 4 aromatic rings. The lowest BCUT2D eigenvalue weighted by molar-refractivity contribution is 0.449. The molecule has 9 nitrogen and oxygen atoms in total. The number of rotatable bonds is 5. The molecule has 1 unspecified atom stereocenters. The van der Waals surface area contributed by atoms with E-state index in [-0.39, 0.29) is 17.3 Å². The van der Waals surface area contributed by atoms with Gasteiger partial charge in [-0.25, -0.2) is 13.8 Å². The zero-order valence-electron chi connectivity index (χ0n) is 16.4. The fourth-order valence-electron chi connectivity index (χ4n) is 3.73. The van der Waals surface area contributed by atoms with Crippen molar-refractivity contribution in [2.45, 2.75) is 13.0 Å². The summed E-state index contributed by atoms with van der Waals surface area (Å²) in [6.45, 7) is 2.85. The quantitative estimate of drug-likeness (QED) is 0.505. The van der Waals surface area contributed by atoms with Crippen LogP contribution in [-0.4, -0.2) is 48.1 Å². The summed E-state index contributed by atoms with van der Waals surface area (Å²) in [6.07, 6.45) is 6.47. The predicted octanol–water partition coefficient (Wildman–Crippen LogP) is 2.06. The van der Waals surface area contributed by atoms with Crippen molar-refractivity contribution in [1.82, 2.24) is 40.3 Å². The first-order valence-corrected chi connectivity index (χ1v) is 9.82. The SMILES string of the molecule is Nc1ncc(-c2cnn(CC3CCNC3)c2)cc1-c1nnnn1-c1cccc(F)c1F. The van der Waals surface area contributed by atoms with Crippen LogP contribution in [0, 0.1) is 17.6 Å². The summed E-state index contributed by atoms with van der Waals surface area (Å²) < 4.78 is 31.0. The van der Waals surface area contributed by atoms with Gasteiger partial charge in [0.2, 0.25) is 0 Å². The minimum atomic E-state index is -1.05. The van der Waals surface area contributed by atoms with Gasteiger partial charge in [0.25, 0.3) is 0 Å². The molecule has 4 heterocycles. The molecule has 1 aliphatic heterocycles. The highest BCUT2D eigenvalue weighted by molar-refractivity contribution is 5.76. The summed E-state index contributed by atoms with van der Waals surface area (Å²) in [6, 6.07) is 5.55. The van der Waals surface area contributed by atoms with Crippen LogP contribution in [0.2, 0.25) is 0 Å². The number of hydrogen-bond acceptors (Lipinski definition) is 7. The molecule has 1 atom stereocenters. The molecule has 1 fully saturated rings. The van der Waals surface area contributed by atoms with E-state index >= 15 is 0 Å². The highest BCUT2D eigenvalue weighted by atomic mass is 19.2. The second-order valence-electron chi connectivity index (χ2n) is 7.45. The Balaban J connectivity index is 1.50. The molecular formula is C20H19F2N9. The van der Waals surface area contributed by atoms with E-state index in [1.807, 2.05) is 10.9 Å². The van der Waals surface area contributed by atoms with Gasteiger partial charge >= 0.3 is 0 Å². The number of nitrogens with zero attached hydrogens (tertiary/aromatic N) is 7. The molecule has 5 rings (SSSR count). The van der Waals surface area contributed by atoms with Gasteiger partial charge in [0, 0.05) is 30.1 Å². The predicted molar refractivity (Wildman–Crippen MR) is 109 cm³/mol. The van der Waals surface area contributed by atoms with Gasteiger partial charge in [-0.2, -0.15) is 9.78 Å². The Morgan fingerprint density at radius 1 is 1.19 bits per heavy atom. The summed E-state index contributed by atoms with van der Waals surface area (Å²) in [4.78, 5) is 4.25. The van der Waals surface area contributed by atoms with Crippen LogP contribution in [0.4, 0.5) is 14.6 Å². The van der Waals surface area contributed by atoms with Crippen LogP contribution in [-0.2, 0) is 6.54 Å². The second kappa shape index (κ2) is 7.84. The number of pyridine rings is 1. The number of nitrogens with one attached hydrogen (secondary N) is 1. The average Bonchev–Trinajstić information content (AvgIpc) is 3.53. The largest absolute Gasteiger partial charge is 0.383 e. The van der Waals surface area contributed by atoms with Crippen molar-refractivity contribution in [3.8, 4) is 28.2 Å². The molecule has 0 radical (unpaired) electrons. The Morgan fingerprint density at radius 2 is 2.10 bits per heavy atom. The van der Waals surface area contributed by atoms with Gasteiger partial charge in [0.05, 0.1) is 11.8 Å². The summed E-state index contributed by atoms with van der Waals surface area (Å²) in [5.41, 5.74) is 7.97. The zero-order valence-corrected chi connectivity index (χ0v) is 16.4. The maximum absolute atomic E-state index is 14.3. The zero-order chi connectivity index (χ0) is 21.4. The molecule has 1 saturated heterocycles. The normalized spacial score (nSPS) is 16.1. The third-order valence-corrected chi connectivity index (χ3v) is 5.36. The van der Waals surface area contributed by atoms with E-state index in [0.29, 0.717) is 11.5 Å². The van der Waals surface area contributed by atoms with Crippen molar-refractivity contribution >= 4 is 5.82 Å². The van der Waals surface area contributed by atoms with E-state index < -0.39 is 11.6 Å². The number of aromatic nitrogens is 7. The van der Waals surface area contributed by atoms with Crippen LogP contribution in [0.5, 0.6) is 0 Å². The van der Waals surface area contributed by atoms with E-state index in [1.54, 1.807) is 18.5 Å². The molecule has 158 valence electrons. The van der Waals surface area contributed by atoms with Gasteiger partial charge in [0.1, 0.15) is 11.5 Å². The summed E-state index contributed by atoms with van der Waals surface area (Å²) in [5, 5.41) is 19.2. The molecule has 0 spiro atoms. The number of nitrogens with two attached hydrogens (primary N) is 1. The number of nitrogen functional groups attached to an aromatic ring is 1. The van der Waals surface area contributed by atoms with Crippen molar-refractivity contribution in [1.29, 1.82) is 0 Å². The molecule has 0 bridgehead atoms. The Morgan fingerprint density at radius 3 is 2.94 bits per heavy atom. The first-order chi connectivity index (χ1) is 15.1. The number of tetrazole rings is 1. The molecule has 1 aliphatic rings. The first-order valence-electron chi connectivity index (χ1n) is 9.82. The van der Waals surface area contributed by atoms with Crippen molar-refractivity contribution in [3.05, 3.63) is 54.5 Å². The Labute approximate surface area is 175 Å². The van der Waals surface area contributed by atoms with Gasteiger partial charge in [-0.15, -0.1) is 5.10 Å². The molecule has 31 heavy (non-hydrogen) atoms.